The number of piperidine rings is 1. The molecule has 4 amide bonds. The van der Waals surface area contributed by atoms with E-state index in [0.29, 0.717) is 42.1 Å². The van der Waals surface area contributed by atoms with Crippen molar-refractivity contribution < 1.29 is 27.9 Å². The summed E-state index contributed by atoms with van der Waals surface area (Å²) in [7, 11) is 0. The third-order valence-corrected chi connectivity index (χ3v) is 10.5. The van der Waals surface area contributed by atoms with Crippen LogP contribution in [0.3, 0.4) is 0 Å². The number of amides is 4. The van der Waals surface area contributed by atoms with Crippen LogP contribution in [0.5, 0.6) is 5.75 Å². The number of alkyl halides is 2. The number of imidazole rings is 1. The highest BCUT2D eigenvalue weighted by Gasteiger charge is 2.29. The predicted octanol–water partition coefficient (Wildman–Crippen LogP) is 7.31. The molecule has 7 rings (SSSR count). The molecule has 13 heteroatoms. The van der Waals surface area contributed by atoms with Crippen LogP contribution in [0, 0.1) is 5.92 Å². The molecule has 1 saturated carbocycles. The lowest BCUT2D eigenvalue weighted by Gasteiger charge is -2.36. The Morgan fingerprint density at radius 3 is 2.38 bits per heavy atom. The second-order valence-electron chi connectivity index (χ2n) is 14.5. The average Bonchev–Trinajstić information content (AvgIpc) is 3.55. The molecule has 4 aromatic rings. The number of pyridine rings is 2. The first-order valence-electron chi connectivity index (χ1n) is 18.3. The fraction of sp³-hybridized carbons (Fsp3) is 0.462. The summed E-state index contributed by atoms with van der Waals surface area (Å²) in [5, 5.41) is 5.03. The Bertz CT molecular complexity index is 1920. The Balaban J connectivity index is 0.927. The molecule has 3 fully saturated rings. The van der Waals surface area contributed by atoms with E-state index in [2.05, 4.69) is 32.7 Å². The second kappa shape index (κ2) is 15.4. The number of aromatic nitrogens is 3. The van der Waals surface area contributed by atoms with Gasteiger partial charge < -0.3 is 19.4 Å². The number of benzene rings is 1. The van der Waals surface area contributed by atoms with Gasteiger partial charge in [0.05, 0.1) is 17.4 Å². The molecular formula is C39H45F2N7O4. The molecule has 2 aliphatic heterocycles. The minimum atomic E-state index is -2.74. The monoisotopic (exact) mass is 713 g/mol. The van der Waals surface area contributed by atoms with Crippen LogP contribution in [0.15, 0.2) is 60.9 Å². The molecule has 3 aliphatic rings. The lowest BCUT2D eigenvalue weighted by molar-refractivity contribution is -0.120. The lowest BCUT2D eigenvalue weighted by atomic mass is 9.80. The molecule has 2 N–H and O–H groups in total. The maximum atomic E-state index is 13.3. The number of imide groups is 1. The molecule has 274 valence electrons. The van der Waals surface area contributed by atoms with Gasteiger partial charge in [0.1, 0.15) is 22.9 Å². The van der Waals surface area contributed by atoms with Gasteiger partial charge in [0, 0.05) is 49.6 Å². The number of nitrogens with one attached hydrogen (secondary N) is 2. The number of hydrogen-bond acceptors (Lipinski definition) is 7. The Hall–Kier alpha value is -4.91. The number of anilines is 2. The Labute approximate surface area is 301 Å². The Kier molecular flexibility index (Phi) is 10.5. The molecule has 0 bridgehead atoms. The molecule has 5 heterocycles. The van der Waals surface area contributed by atoms with E-state index in [0.717, 1.165) is 69.5 Å². The maximum Gasteiger partial charge on any atom is 0.328 e. The molecule has 0 radical (unpaired) electrons. The van der Waals surface area contributed by atoms with E-state index in [1.54, 1.807) is 17.2 Å². The molecule has 3 aromatic heterocycles. The largest absolute Gasteiger partial charge is 0.490 e. The molecule has 1 aromatic carbocycles. The number of carbonyl (C=O) groups is 3. The number of rotatable bonds is 10. The second-order valence-corrected chi connectivity index (χ2v) is 14.5. The number of carbonyl (C=O) groups excluding carboxylic acids is 3. The summed E-state index contributed by atoms with van der Waals surface area (Å²) in [5.74, 6) is 1.16. The molecule has 0 atom stereocenters. The van der Waals surface area contributed by atoms with Gasteiger partial charge in [-0.3, -0.25) is 19.8 Å². The van der Waals surface area contributed by atoms with Crippen LogP contribution in [-0.2, 0) is 4.79 Å². The van der Waals surface area contributed by atoms with Gasteiger partial charge >= 0.3 is 6.03 Å². The van der Waals surface area contributed by atoms with E-state index in [9.17, 15) is 23.2 Å². The Morgan fingerprint density at radius 2 is 1.69 bits per heavy atom. The topological polar surface area (TPSA) is 121 Å². The summed E-state index contributed by atoms with van der Waals surface area (Å²) < 4.78 is 34.2. The first kappa shape index (κ1) is 35.5. The van der Waals surface area contributed by atoms with Crippen molar-refractivity contribution in [3.05, 3.63) is 83.4 Å². The number of ether oxygens (including phenoxy) is 1. The van der Waals surface area contributed by atoms with Gasteiger partial charge in [-0.25, -0.2) is 23.5 Å². The average molecular weight is 714 g/mol. The number of urea groups is 1. The van der Waals surface area contributed by atoms with Gasteiger partial charge in [-0.2, -0.15) is 0 Å². The van der Waals surface area contributed by atoms with Crippen LogP contribution in [0.2, 0.25) is 0 Å². The van der Waals surface area contributed by atoms with Crippen molar-refractivity contribution in [3.63, 3.8) is 0 Å². The number of halogens is 2. The number of nitrogens with zero attached hydrogens (tertiary/aromatic N) is 5. The number of hydrogen-bond donors (Lipinski definition) is 2. The van der Waals surface area contributed by atoms with Crippen molar-refractivity contribution in [3.8, 4) is 5.75 Å². The van der Waals surface area contributed by atoms with Gasteiger partial charge in [-0.1, -0.05) is 18.2 Å². The molecular weight excluding hydrogens is 668 g/mol. The lowest BCUT2D eigenvalue weighted by Crippen LogP contribution is -2.49. The van der Waals surface area contributed by atoms with Crippen LogP contribution < -0.4 is 20.3 Å². The van der Waals surface area contributed by atoms with Gasteiger partial charge in [0.2, 0.25) is 5.91 Å². The van der Waals surface area contributed by atoms with Crippen molar-refractivity contribution in [2.75, 3.05) is 36.4 Å². The SMILES string of the molecule is CC(C)Oc1cc2nc(C3CCC(CN4CCC(c5ccc(N6CCC(=O)NC6=O)cc5)CC4)CC3)cn2cc1C(=O)Nc1cccc(C(F)F)n1. The van der Waals surface area contributed by atoms with Crippen molar-refractivity contribution in [2.45, 2.75) is 83.2 Å². The van der Waals surface area contributed by atoms with Crippen molar-refractivity contribution in [1.29, 1.82) is 0 Å². The van der Waals surface area contributed by atoms with E-state index >= 15 is 0 Å². The third kappa shape index (κ3) is 8.09. The minimum absolute atomic E-state index is 0.0441. The van der Waals surface area contributed by atoms with E-state index in [4.69, 9.17) is 9.72 Å². The summed E-state index contributed by atoms with van der Waals surface area (Å²) >= 11 is 0. The summed E-state index contributed by atoms with van der Waals surface area (Å²) in [5.41, 5.74) is 3.67. The fourth-order valence-electron chi connectivity index (χ4n) is 7.77. The normalized spacial score (nSPS) is 20.5. The zero-order valence-corrected chi connectivity index (χ0v) is 29.6. The van der Waals surface area contributed by atoms with Crippen molar-refractivity contribution in [2.24, 2.45) is 5.92 Å². The van der Waals surface area contributed by atoms with E-state index in [1.807, 2.05) is 36.6 Å². The first-order chi connectivity index (χ1) is 25.1. The van der Waals surface area contributed by atoms with E-state index < -0.39 is 18.0 Å². The minimum Gasteiger partial charge on any atom is -0.490 e. The smallest absolute Gasteiger partial charge is 0.328 e. The highest BCUT2D eigenvalue weighted by molar-refractivity contribution is 6.06. The predicted molar refractivity (Wildman–Crippen MR) is 193 cm³/mol. The highest BCUT2D eigenvalue weighted by atomic mass is 19.3. The zero-order chi connectivity index (χ0) is 36.4. The number of fused-ring (bicyclic) bond motifs is 1. The van der Waals surface area contributed by atoms with Crippen LogP contribution in [0.25, 0.3) is 5.65 Å². The van der Waals surface area contributed by atoms with Crippen molar-refractivity contribution >= 4 is 35.0 Å². The quantitative estimate of drug-likeness (QED) is 0.177. The molecule has 2 saturated heterocycles. The third-order valence-electron chi connectivity index (χ3n) is 10.5. The van der Waals surface area contributed by atoms with Crippen LogP contribution in [-0.4, -0.2) is 69.4 Å². The standard InChI is InChI=1S/C39H45F2N7O4/c1-24(2)52-33-20-35-43-32(23-47(35)22-30(33)38(50)44-34-5-3-4-31(42-34)37(40)41)28-8-6-25(7-9-28)21-46-17-14-27(15-18-46)26-10-12-29(13-11-26)48-19-16-36(49)45-39(48)51/h3-5,10-13,20,22-25,27-28,37H,6-9,14-19,21H2,1-2H3,(H,42,44,50)(H,45,49,51). The van der Waals surface area contributed by atoms with Gasteiger partial charge in [-0.05, 0) is 107 Å². The molecule has 11 nitrogen and oxygen atoms in total. The van der Waals surface area contributed by atoms with Crippen LogP contribution in [0.4, 0.5) is 25.1 Å². The van der Waals surface area contributed by atoms with E-state index in [1.165, 1.54) is 23.8 Å². The van der Waals surface area contributed by atoms with Gasteiger partial charge in [-0.15, -0.1) is 0 Å². The maximum absolute atomic E-state index is 13.3. The zero-order valence-electron chi connectivity index (χ0n) is 29.6. The van der Waals surface area contributed by atoms with Gasteiger partial charge in [0.15, 0.2) is 0 Å². The highest BCUT2D eigenvalue weighted by Crippen LogP contribution is 2.38. The molecule has 0 spiro atoms. The summed E-state index contributed by atoms with van der Waals surface area (Å²) in [6.07, 6.45) is 7.65. The van der Waals surface area contributed by atoms with Crippen LogP contribution in [0.1, 0.15) is 104 Å². The molecule has 1 aliphatic carbocycles. The van der Waals surface area contributed by atoms with E-state index in [-0.39, 0.29) is 29.4 Å². The van der Waals surface area contributed by atoms with Crippen molar-refractivity contribution in [1.82, 2.24) is 24.6 Å². The van der Waals surface area contributed by atoms with Crippen LogP contribution >= 0.6 is 0 Å². The summed E-state index contributed by atoms with van der Waals surface area (Å²) in [6, 6.07) is 13.8. The molecule has 52 heavy (non-hydrogen) atoms. The fourth-order valence-corrected chi connectivity index (χ4v) is 7.77. The van der Waals surface area contributed by atoms with Gasteiger partial charge in [0.25, 0.3) is 12.3 Å². The summed E-state index contributed by atoms with van der Waals surface area (Å²) in [6.45, 7) is 7.40. The molecule has 0 unspecified atom stereocenters. The number of likely N-dealkylation sites (tertiary alicyclic amines) is 1. The Morgan fingerprint density at radius 1 is 0.942 bits per heavy atom. The first-order valence-corrected chi connectivity index (χ1v) is 18.3. The summed E-state index contributed by atoms with van der Waals surface area (Å²) in [4.78, 5) is 50.1.